The molecule has 0 radical (unpaired) electrons. The van der Waals surface area contributed by atoms with E-state index in [1.807, 2.05) is 42.5 Å². The van der Waals surface area contributed by atoms with Gasteiger partial charge in [0.05, 0.1) is 24.9 Å². The van der Waals surface area contributed by atoms with E-state index in [-0.39, 0.29) is 28.6 Å². The number of fused-ring (bicyclic) bond motifs is 6. The highest BCUT2D eigenvalue weighted by molar-refractivity contribution is 7.47. The quantitative estimate of drug-likeness (QED) is 0.123. The van der Waals surface area contributed by atoms with Crippen LogP contribution >= 0.6 is 15.6 Å². The number of hydrogen-bond donors (Lipinski definition) is 7. The number of aliphatic hydroxyl groups is 2. The van der Waals surface area contributed by atoms with Gasteiger partial charge in [-0.15, -0.1) is 0 Å². The van der Waals surface area contributed by atoms with E-state index < -0.39 is 83.5 Å². The molecule has 9 N–H and O–H groups in total. The zero-order valence-electron chi connectivity index (χ0n) is 28.0. The number of H-pyrrole nitrogens is 1. The summed E-state index contributed by atoms with van der Waals surface area (Å²) in [5, 5.41) is 25.2. The van der Waals surface area contributed by atoms with Gasteiger partial charge in [0.1, 0.15) is 54.4 Å². The second-order valence-corrected chi connectivity index (χ2v) is 15.8. The number of hydrogen-bond acceptors (Lipinski definition) is 17. The summed E-state index contributed by atoms with van der Waals surface area (Å²) in [5.74, 6) is -0.160. The minimum atomic E-state index is -5.17. The van der Waals surface area contributed by atoms with Crippen LogP contribution in [0.4, 0.5) is 11.8 Å². The van der Waals surface area contributed by atoms with Crippen LogP contribution in [-0.4, -0.2) is 104 Å². The first-order valence-electron chi connectivity index (χ1n) is 16.6. The number of anilines is 2. The molecular formula is C31H31N9O13P2. The van der Waals surface area contributed by atoms with Crippen molar-refractivity contribution in [2.24, 2.45) is 0 Å². The number of benzene rings is 2. The van der Waals surface area contributed by atoms with Crippen LogP contribution in [0.3, 0.4) is 0 Å². The second kappa shape index (κ2) is 13.2. The molecule has 0 saturated carbocycles. The topological polar surface area (TPSA) is 317 Å². The standard InChI is InChI=1S/C31H31N9O13P2/c32-25-19-16(15-6-5-13-3-1-2-4-14(13)7-15)8-39(26(19)35-11-34-25)29-22(42)23-18(51-29)10-49-55(46,47)53-24-21(41)17(9-48-54(44,45)52-23)50-30(24)40-12-36-20-27(40)37-31(33)38-28(20)43/h1-8,11-12,17-18,21-24,29-30,41-42H,9-10H2,(H,44,45)(H,46,47)(H2,32,34,35)(H3,33,37,38,43)/t17-,18-,21-,22-,23-,24-,29-,30-/m1/s1. The van der Waals surface area contributed by atoms with Gasteiger partial charge in [0.25, 0.3) is 5.56 Å². The van der Waals surface area contributed by atoms with E-state index in [4.69, 9.17) is 39.0 Å². The number of imidazole rings is 1. The first-order valence-corrected chi connectivity index (χ1v) is 19.6. The van der Waals surface area contributed by atoms with Gasteiger partial charge < -0.3 is 45.5 Å². The van der Waals surface area contributed by atoms with Crippen molar-refractivity contribution in [1.82, 2.24) is 34.1 Å². The van der Waals surface area contributed by atoms with Crippen molar-refractivity contribution in [1.29, 1.82) is 0 Å². The zero-order chi connectivity index (χ0) is 38.4. The van der Waals surface area contributed by atoms with Gasteiger partial charge >= 0.3 is 15.6 Å². The van der Waals surface area contributed by atoms with Crippen LogP contribution in [0, 0.1) is 0 Å². The fraction of sp³-hybridized carbons (Fsp3) is 0.323. The van der Waals surface area contributed by atoms with Gasteiger partial charge in [-0.1, -0.05) is 36.4 Å². The molecule has 0 spiro atoms. The zero-order valence-corrected chi connectivity index (χ0v) is 29.8. The lowest BCUT2D eigenvalue weighted by Crippen LogP contribution is -2.36. The van der Waals surface area contributed by atoms with Crippen molar-refractivity contribution in [2.75, 3.05) is 24.7 Å². The third-order valence-corrected chi connectivity index (χ3v) is 11.6. The number of rotatable bonds is 3. The Kier molecular flexibility index (Phi) is 8.66. The molecule has 2 unspecified atom stereocenters. The molecule has 6 aromatic rings. The number of aromatic nitrogens is 7. The average molecular weight is 800 g/mol. The summed E-state index contributed by atoms with van der Waals surface area (Å²) in [6.45, 7) is -1.67. The highest BCUT2D eigenvalue weighted by atomic mass is 31.2. The van der Waals surface area contributed by atoms with Crippen LogP contribution in [0.1, 0.15) is 12.5 Å². The molecule has 0 aliphatic carbocycles. The molecule has 3 aliphatic heterocycles. The van der Waals surface area contributed by atoms with Gasteiger partial charge in [-0.25, -0.2) is 24.1 Å². The van der Waals surface area contributed by atoms with E-state index >= 15 is 0 Å². The fourth-order valence-corrected chi connectivity index (χ4v) is 9.02. The number of phosphoric ester groups is 2. The Labute approximate surface area is 307 Å². The van der Waals surface area contributed by atoms with E-state index in [1.165, 1.54) is 10.9 Å². The van der Waals surface area contributed by atoms with Gasteiger partial charge in [0.15, 0.2) is 23.6 Å². The minimum absolute atomic E-state index is 0.125. The SMILES string of the molecule is Nc1nc2c(ncn2[C@@H]2O[C@@H]3COP(=O)(O)O[C@H]4[C@@H](O)[C@H](n5cc(-c6ccc7ccccc7c6)c6c(N)ncnc65)O[C@@H]4COP(=O)(O)O[C@@H]2[C@@H]3O)c(=O)[nH]1. The molecular weight excluding hydrogens is 768 g/mol. The van der Waals surface area contributed by atoms with E-state index in [2.05, 4.69) is 24.9 Å². The Hall–Kier alpha value is -4.67. The highest BCUT2D eigenvalue weighted by Gasteiger charge is 2.54. The number of ether oxygens (including phenoxy) is 2. The number of nitrogen functional groups attached to an aromatic ring is 2. The van der Waals surface area contributed by atoms with E-state index in [0.717, 1.165) is 27.2 Å². The monoisotopic (exact) mass is 799 g/mol. The smallest absolute Gasteiger partial charge is 0.387 e. The lowest BCUT2D eigenvalue weighted by atomic mass is 10.0. The molecule has 22 nitrogen and oxygen atoms in total. The van der Waals surface area contributed by atoms with Crippen LogP contribution in [0.2, 0.25) is 0 Å². The third-order valence-electron chi connectivity index (χ3n) is 9.63. The molecule has 2 bridgehead atoms. The summed E-state index contributed by atoms with van der Waals surface area (Å²) < 4.78 is 62.8. The van der Waals surface area contributed by atoms with Crippen LogP contribution < -0.4 is 17.0 Å². The maximum Gasteiger partial charge on any atom is 0.472 e. The predicted molar refractivity (Wildman–Crippen MR) is 189 cm³/mol. The molecule has 10 atom stereocenters. The van der Waals surface area contributed by atoms with Crippen molar-refractivity contribution in [3.63, 3.8) is 0 Å². The Morgan fingerprint density at radius 1 is 0.818 bits per heavy atom. The summed E-state index contributed by atoms with van der Waals surface area (Å²) in [7, 11) is -10.3. The molecule has 9 rings (SSSR count). The van der Waals surface area contributed by atoms with Crippen LogP contribution in [0.25, 0.3) is 44.1 Å². The van der Waals surface area contributed by atoms with Gasteiger partial charge in [-0.05, 0) is 22.4 Å². The number of aromatic amines is 1. The second-order valence-electron chi connectivity index (χ2n) is 13.0. The van der Waals surface area contributed by atoms with Crippen molar-refractivity contribution in [3.05, 3.63) is 71.7 Å². The van der Waals surface area contributed by atoms with Crippen molar-refractivity contribution in [2.45, 2.75) is 49.1 Å². The largest absolute Gasteiger partial charge is 0.472 e. The first kappa shape index (κ1) is 36.0. The summed E-state index contributed by atoms with van der Waals surface area (Å²) in [6.07, 6.45) is -8.91. The van der Waals surface area contributed by atoms with Crippen molar-refractivity contribution in [3.8, 4) is 11.1 Å². The molecule has 3 fully saturated rings. The lowest BCUT2D eigenvalue weighted by molar-refractivity contribution is -0.0671. The van der Waals surface area contributed by atoms with E-state index in [0.29, 0.717) is 10.9 Å². The van der Waals surface area contributed by atoms with Crippen LogP contribution in [0.5, 0.6) is 0 Å². The van der Waals surface area contributed by atoms with Gasteiger partial charge in [-0.3, -0.25) is 32.4 Å². The molecule has 3 aliphatic rings. The summed E-state index contributed by atoms with van der Waals surface area (Å²) in [6, 6.07) is 13.5. The summed E-state index contributed by atoms with van der Waals surface area (Å²) in [5.41, 5.74) is 12.6. The van der Waals surface area contributed by atoms with Crippen LogP contribution in [-0.2, 0) is 36.7 Å². The normalized spacial score (nSPS) is 33.0. The highest BCUT2D eigenvalue weighted by Crippen LogP contribution is 2.54. The maximum atomic E-state index is 13.5. The van der Waals surface area contributed by atoms with Gasteiger partial charge in [-0.2, -0.15) is 4.98 Å². The van der Waals surface area contributed by atoms with E-state index in [9.17, 15) is 33.9 Å². The summed E-state index contributed by atoms with van der Waals surface area (Å²) >= 11 is 0. The average Bonchev–Trinajstić information content (AvgIpc) is 3.89. The molecule has 55 heavy (non-hydrogen) atoms. The lowest BCUT2D eigenvalue weighted by Gasteiger charge is -2.25. The number of nitrogens with zero attached hydrogens (tertiary/aromatic N) is 6. The minimum Gasteiger partial charge on any atom is -0.387 e. The molecule has 0 amide bonds. The predicted octanol–water partition coefficient (Wildman–Crippen LogP) is 1.08. The fourth-order valence-electron chi connectivity index (χ4n) is 7.12. The Morgan fingerprint density at radius 3 is 2.31 bits per heavy atom. The number of nitrogens with two attached hydrogens (primary N) is 2. The molecule has 2 aromatic carbocycles. The number of nitrogens with one attached hydrogen (secondary N) is 1. The van der Waals surface area contributed by atoms with Gasteiger partial charge in [0, 0.05) is 11.8 Å². The maximum absolute atomic E-state index is 13.5. The number of phosphoric acid groups is 2. The van der Waals surface area contributed by atoms with Crippen LogP contribution in [0.15, 0.2) is 66.1 Å². The molecule has 288 valence electrons. The Morgan fingerprint density at radius 2 is 1.53 bits per heavy atom. The van der Waals surface area contributed by atoms with E-state index in [1.54, 1.807) is 6.20 Å². The first-order chi connectivity index (χ1) is 26.3. The summed E-state index contributed by atoms with van der Waals surface area (Å²) in [4.78, 5) is 53.1. The Bertz CT molecular complexity index is 2640. The molecule has 7 heterocycles. The van der Waals surface area contributed by atoms with Gasteiger partial charge in [0.2, 0.25) is 5.95 Å². The van der Waals surface area contributed by atoms with Crippen molar-refractivity contribution >= 4 is 60.4 Å². The number of aliphatic hydroxyl groups excluding tert-OH is 2. The third kappa shape index (κ3) is 6.31. The molecule has 3 saturated heterocycles. The molecule has 4 aromatic heterocycles. The molecule has 24 heteroatoms. The van der Waals surface area contributed by atoms with Crippen molar-refractivity contribution < 1.29 is 56.7 Å². The Balaban J connectivity index is 1.05.